The zero-order chi connectivity index (χ0) is 62.9. The fraction of sp³-hybridized carbons (Fsp3) is 0.469. The van der Waals surface area contributed by atoms with E-state index in [2.05, 4.69) is 61.0 Å². The Labute approximate surface area is 521 Å². The maximum absolute atomic E-state index is 14.1. The van der Waals surface area contributed by atoms with Crippen molar-refractivity contribution in [1.29, 1.82) is 0 Å². The number of piperazine rings is 1. The molecule has 1 unspecified atom stereocenters. The number of aliphatic imine (C=N–C) groups is 1. The lowest BCUT2D eigenvalue weighted by Crippen LogP contribution is -2.47. The summed E-state index contributed by atoms with van der Waals surface area (Å²) in [7, 11) is 7.31. The Hall–Kier alpha value is -8.00. The van der Waals surface area contributed by atoms with Crippen LogP contribution in [0.3, 0.4) is 0 Å². The number of carbonyl (C=O) groups is 5. The number of urea groups is 1. The van der Waals surface area contributed by atoms with E-state index in [4.69, 9.17) is 34.3 Å². The van der Waals surface area contributed by atoms with E-state index >= 15 is 0 Å². The van der Waals surface area contributed by atoms with Crippen molar-refractivity contribution in [3.8, 4) is 17.2 Å². The van der Waals surface area contributed by atoms with Crippen LogP contribution in [0.4, 0.5) is 20.4 Å². The number of nitrogens with one attached hydrogen (secondary N) is 3. The molecular formula is C64H88N12O11S. The number of carbonyl (C=O) groups excluding carboxylic acids is 5. The number of unbranched alkanes of at least 4 members (excludes halogenated alkanes) is 1. The van der Waals surface area contributed by atoms with Crippen LogP contribution < -0.4 is 36.0 Å². The van der Waals surface area contributed by atoms with Gasteiger partial charge in [-0.05, 0) is 118 Å². The second-order valence-corrected chi connectivity index (χ2v) is 22.2. The summed E-state index contributed by atoms with van der Waals surface area (Å²) in [5, 5.41) is 14.5. The lowest BCUT2D eigenvalue weighted by atomic mass is 10.0. The number of hydrogen-bond acceptors (Lipinski definition) is 18. The van der Waals surface area contributed by atoms with Gasteiger partial charge in [0.2, 0.25) is 17.7 Å². The van der Waals surface area contributed by atoms with E-state index in [9.17, 15) is 24.0 Å². The first kappa shape index (κ1) is 69.1. The summed E-state index contributed by atoms with van der Waals surface area (Å²) < 4.78 is 34.4. The summed E-state index contributed by atoms with van der Waals surface area (Å²) in [6.07, 6.45) is 11.1. The molecule has 6 amide bonds. The van der Waals surface area contributed by atoms with Gasteiger partial charge in [0.15, 0.2) is 5.13 Å². The number of likely N-dealkylation sites (N-methyl/N-ethyl adjacent to an activating group) is 2. The van der Waals surface area contributed by atoms with Crippen molar-refractivity contribution in [3.63, 3.8) is 0 Å². The maximum Gasteiger partial charge on any atom is 0.414 e. The molecule has 1 aromatic heterocycles. The number of anilines is 2. The van der Waals surface area contributed by atoms with E-state index in [0.717, 1.165) is 68.7 Å². The zero-order valence-corrected chi connectivity index (χ0v) is 52.2. The third-order valence-electron chi connectivity index (χ3n) is 14.2. The number of amides is 6. The highest BCUT2D eigenvalue weighted by molar-refractivity contribution is 7.14. The van der Waals surface area contributed by atoms with Crippen molar-refractivity contribution >= 4 is 63.9 Å². The second kappa shape index (κ2) is 38.3. The van der Waals surface area contributed by atoms with Crippen molar-refractivity contribution in [2.75, 3.05) is 144 Å². The first-order valence-electron chi connectivity index (χ1n) is 29.9. The summed E-state index contributed by atoms with van der Waals surface area (Å²) in [6.45, 7) is 16.7. The molecule has 2 aliphatic rings. The van der Waals surface area contributed by atoms with Gasteiger partial charge in [-0.3, -0.25) is 24.7 Å². The minimum absolute atomic E-state index is 0.0403. The predicted octanol–water partition coefficient (Wildman–Crippen LogP) is 7.24. The lowest BCUT2D eigenvalue weighted by Gasteiger charge is -2.32. The largest absolute Gasteiger partial charge is 0.494 e. The zero-order valence-electron chi connectivity index (χ0n) is 51.4. The van der Waals surface area contributed by atoms with E-state index in [-0.39, 0.29) is 43.1 Å². The van der Waals surface area contributed by atoms with Crippen LogP contribution in [0.1, 0.15) is 61.4 Å². The van der Waals surface area contributed by atoms with Crippen molar-refractivity contribution in [1.82, 2.24) is 34.8 Å². The molecule has 0 radical (unpaired) electrons. The van der Waals surface area contributed by atoms with Crippen molar-refractivity contribution in [2.45, 2.75) is 63.5 Å². The van der Waals surface area contributed by atoms with Gasteiger partial charge < -0.3 is 69.4 Å². The molecule has 476 valence electrons. The Morgan fingerprint density at radius 2 is 1.45 bits per heavy atom. The minimum atomic E-state index is -0.888. The number of allylic oxidation sites excluding steroid dienone is 2. The molecule has 24 heteroatoms. The fourth-order valence-electron chi connectivity index (χ4n) is 8.97. The molecule has 1 aliphatic heterocycles. The highest BCUT2D eigenvalue weighted by atomic mass is 32.1. The van der Waals surface area contributed by atoms with E-state index < -0.39 is 18.2 Å². The van der Waals surface area contributed by atoms with Crippen molar-refractivity contribution in [3.05, 3.63) is 132 Å². The summed E-state index contributed by atoms with van der Waals surface area (Å²) in [5.74, 6) is 6.90. The number of nitrogens with zero attached hydrogens (tertiary/aromatic N) is 8. The number of aromatic nitrogens is 1. The molecule has 5 N–H and O–H groups in total. The smallest absolute Gasteiger partial charge is 0.414 e. The van der Waals surface area contributed by atoms with E-state index in [0.29, 0.717) is 125 Å². The summed E-state index contributed by atoms with van der Waals surface area (Å²) in [6, 6.07) is 20.1. The molecule has 2 heterocycles. The number of hydrogen-bond donors (Lipinski definition) is 4. The SMILES string of the molecule is C=C/C=C(\C=C)CNC(=O)C(c1ccc(OC(=O)N(C)C)cc1)N(C(=O)CCc1ccc(OCCCCN(C)CCOCCOCC/C(C=NCCOCCOc2ccc(NC(=O)Nc3nc(CC(=O)N4CCN(C)CC4)cs3)cc2)=N/N)cc1)C1CC1. The standard InChI is InChI=1S/C64H88N12O11S/c1-7-11-48(8-2)45-67-61(79)60(50-15-23-57(24-16-50)87-64(81)72(3)4)76(54-19-20-54)58(77)27-14-49-12-21-55(22-13-49)85-36-10-9-30-73(5)35-39-84-41-40-82-37-28-52(71-65)46-66-29-38-83-42-43-86-56-25-17-51(18-26-56)68-62(80)70-63-69-53(47-88-63)44-59(78)75-33-31-74(6)32-34-75/h7-8,11-13,15-18,21-26,46-47,54,60H,1-2,9-10,14,19-20,27-45,65H2,3-6H3,(H,67,79)(H2,68,69,70,80)/b48-11+,66-46?,71-52-. The third kappa shape index (κ3) is 25.4. The first-order chi connectivity index (χ1) is 42.7. The summed E-state index contributed by atoms with van der Waals surface area (Å²) in [5.41, 5.74) is 4.21. The van der Waals surface area contributed by atoms with Crippen LogP contribution in [-0.2, 0) is 41.4 Å². The number of nitrogens with two attached hydrogens (primary N) is 1. The molecule has 4 aromatic rings. The van der Waals surface area contributed by atoms with Crippen LogP contribution in [0.5, 0.6) is 17.2 Å². The van der Waals surface area contributed by atoms with Crippen LogP contribution in [0.15, 0.2) is 125 Å². The average Bonchev–Trinajstić information content (AvgIpc) is 2.13. The molecule has 23 nitrogen and oxygen atoms in total. The molecule has 3 aromatic carbocycles. The molecule has 0 spiro atoms. The van der Waals surface area contributed by atoms with Crippen LogP contribution >= 0.6 is 11.3 Å². The molecule has 1 aliphatic carbocycles. The van der Waals surface area contributed by atoms with Gasteiger partial charge in [-0.25, -0.2) is 14.6 Å². The monoisotopic (exact) mass is 1230 g/mol. The maximum atomic E-state index is 14.1. The Balaban J connectivity index is 0.752. The topological polar surface area (TPSA) is 257 Å². The van der Waals surface area contributed by atoms with Gasteiger partial charge in [-0.1, -0.05) is 55.7 Å². The summed E-state index contributed by atoms with van der Waals surface area (Å²) >= 11 is 1.28. The number of aryl methyl sites for hydroxylation is 1. The molecular weight excluding hydrogens is 1140 g/mol. The van der Waals surface area contributed by atoms with Crippen molar-refractivity contribution < 1.29 is 52.4 Å². The van der Waals surface area contributed by atoms with Crippen LogP contribution in [0.25, 0.3) is 0 Å². The molecule has 88 heavy (non-hydrogen) atoms. The Morgan fingerprint density at radius 3 is 2.14 bits per heavy atom. The number of benzene rings is 3. The quantitative estimate of drug-likeness (QED) is 0.0113. The van der Waals surface area contributed by atoms with Gasteiger partial charge in [-0.15, -0.1) is 11.3 Å². The lowest BCUT2D eigenvalue weighted by molar-refractivity contribution is -0.141. The van der Waals surface area contributed by atoms with Gasteiger partial charge in [0.1, 0.15) is 29.9 Å². The van der Waals surface area contributed by atoms with E-state index in [1.807, 2.05) is 36.2 Å². The van der Waals surface area contributed by atoms with Gasteiger partial charge in [0.05, 0.1) is 70.6 Å². The predicted molar refractivity (Wildman–Crippen MR) is 344 cm³/mol. The number of thiazole rings is 1. The highest BCUT2D eigenvalue weighted by Crippen LogP contribution is 2.36. The fourth-order valence-corrected chi connectivity index (χ4v) is 9.67. The van der Waals surface area contributed by atoms with Crippen molar-refractivity contribution in [2.24, 2.45) is 15.9 Å². The van der Waals surface area contributed by atoms with Gasteiger partial charge >= 0.3 is 12.1 Å². The van der Waals surface area contributed by atoms with Gasteiger partial charge in [0, 0.05) is 89.5 Å². The second-order valence-electron chi connectivity index (χ2n) is 21.4. The third-order valence-corrected chi connectivity index (χ3v) is 15.0. The number of rotatable bonds is 39. The average molecular weight is 1230 g/mol. The Kier molecular flexibility index (Phi) is 30.1. The first-order valence-corrected chi connectivity index (χ1v) is 30.7. The molecule has 1 saturated carbocycles. The summed E-state index contributed by atoms with van der Waals surface area (Å²) in [4.78, 5) is 83.5. The van der Waals surface area contributed by atoms with E-state index in [1.165, 1.54) is 16.2 Å². The Bertz CT molecular complexity index is 2910. The molecule has 2 fully saturated rings. The number of ether oxygens (including phenoxy) is 6. The number of hydrazone groups is 1. The molecule has 1 atom stereocenters. The van der Waals surface area contributed by atoms with Crippen LogP contribution in [0.2, 0.25) is 0 Å². The van der Waals surface area contributed by atoms with E-state index in [1.54, 1.807) is 97.3 Å². The van der Waals surface area contributed by atoms with Gasteiger partial charge in [0.25, 0.3) is 0 Å². The van der Waals surface area contributed by atoms with Crippen LogP contribution in [-0.4, -0.2) is 211 Å². The molecule has 0 bridgehead atoms. The van der Waals surface area contributed by atoms with Crippen LogP contribution in [0, 0.1) is 0 Å². The normalized spacial score (nSPS) is 14.1. The molecule has 6 rings (SSSR count). The minimum Gasteiger partial charge on any atom is -0.494 e. The Morgan fingerprint density at radius 1 is 0.784 bits per heavy atom. The molecule has 1 saturated heterocycles. The highest BCUT2D eigenvalue weighted by Gasteiger charge is 2.41. The van der Waals surface area contributed by atoms with Gasteiger partial charge in [-0.2, -0.15) is 5.10 Å².